The van der Waals surface area contributed by atoms with E-state index in [0.29, 0.717) is 6.10 Å². The molecule has 0 amide bonds. The summed E-state index contributed by atoms with van der Waals surface area (Å²) in [5, 5.41) is 0. The molecular weight excluding hydrogens is 152 g/mol. The van der Waals surface area contributed by atoms with Crippen LogP contribution >= 0.6 is 0 Å². The molecule has 1 saturated heterocycles. The van der Waals surface area contributed by atoms with Crippen LogP contribution in [-0.4, -0.2) is 25.9 Å². The summed E-state index contributed by atoms with van der Waals surface area (Å²) in [5.74, 6) is 0.745. The van der Waals surface area contributed by atoms with Gasteiger partial charge in [-0.3, -0.25) is 0 Å². The fourth-order valence-electron chi connectivity index (χ4n) is 1.31. The fourth-order valence-corrected chi connectivity index (χ4v) is 1.31. The predicted molar refractivity (Wildman–Crippen MR) is 49.2 cm³/mol. The summed E-state index contributed by atoms with van der Waals surface area (Å²) >= 11 is 0. The first-order valence-electron chi connectivity index (χ1n) is 4.98. The maximum Gasteiger partial charge on any atom is 0.0809 e. The molecule has 0 aromatic heterocycles. The smallest absolute Gasteiger partial charge is 0.0809 e. The number of ether oxygens (including phenoxy) is 2. The molecule has 0 aliphatic carbocycles. The molecule has 72 valence electrons. The van der Waals surface area contributed by atoms with Gasteiger partial charge in [-0.1, -0.05) is 13.8 Å². The molecule has 1 aliphatic heterocycles. The van der Waals surface area contributed by atoms with Crippen molar-refractivity contribution >= 4 is 0 Å². The van der Waals surface area contributed by atoms with Gasteiger partial charge in [-0.15, -0.1) is 0 Å². The first-order chi connectivity index (χ1) is 5.79. The van der Waals surface area contributed by atoms with Gasteiger partial charge in [-0.05, 0) is 25.2 Å². The summed E-state index contributed by atoms with van der Waals surface area (Å²) in [7, 11) is 0. The average molecular weight is 172 g/mol. The van der Waals surface area contributed by atoms with Crippen LogP contribution in [0, 0.1) is 5.92 Å². The molecule has 0 aromatic rings. The van der Waals surface area contributed by atoms with E-state index in [2.05, 4.69) is 13.8 Å². The van der Waals surface area contributed by atoms with Gasteiger partial charge in [0.15, 0.2) is 0 Å². The first-order valence-corrected chi connectivity index (χ1v) is 4.98. The van der Waals surface area contributed by atoms with E-state index < -0.39 is 0 Å². The Hall–Kier alpha value is -0.0800. The predicted octanol–water partition coefficient (Wildman–Crippen LogP) is 2.23. The van der Waals surface area contributed by atoms with Gasteiger partial charge in [-0.2, -0.15) is 0 Å². The van der Waals surface area contributed by atoms with E-state index in [1.807, 2.05) is 0 Å². The third-order valence-corrected chi connectivity index (χ3v) is 2.17. The van der Waals surface area contributed by atoms with E-state index in [0.717, 1.165) is 32.2 Å². The highest BCUT2D eigenvalue weighted by Crippen LogP contribution is 2.12. The molecule has 2 nitrogen and oxygen atoms in total. The first kappa shape index (κ1) is 10.0. The van der Waals surface area contributed by atoms with Crippen molar-refractivity contribution in [2.45, 2.75) is 39.2 Å². The summed E-state index contributed by atoms with van der Waals surface area (Å²) in [6.07, 6.45) is 3.93. The zero-order valence-corrected chi connectivity index (χ0v) is 8.21. The fraction of sp³-hybridized carbons (Fsp3) is 1.00. The molecule has 1 heterocycles. The number of hydrogen-bond acceptors (Lipinski definition) is 2. The molecule has 12 heavy (non-hydrogen) atoms. The molecule has 1 rings (SSSR count). The quantitative estimate of drug-likeness (QED) is 0.592. The molecule has 0 radical (unpaired) electrons. The van der Waals surface area contributed by atoms with Crippen molar-refractivity contribution in [2.24, 2.45) is 5.92 Å². The van der Waals surface area contributed by atoms with Crippen LogP contribution in [0.15, 0.2) is 0 Å². The summed E-state index contributed by atoms with van der Waals surface area (Å²) in [6.45, 7) is 7.05. The lowest BCUT2D eigenvalue weighted by atomic mass is 10.1. The van der Waals surface area contributed by atoms with Gasteiger partial charge in [0.2, 0.25) is 0 Å². The van der Waals surface area contributed by atoms with Crippen LogP contribution in [0.5, 0.6) is 0 Å². The van der Waals surface area contributed by atoms with Crippen LogP contribution in [0.25, 0.3) is 0 Å². The number of hydrogen-bond donors (Lipinski definition) is 0. The van der Waals surface area contributed by atoms with Crippen molar-refractivity contribution in [2.75, 3.05) is 19.8 Å². The lowest BCUT2D eigenvalue weighted by Gasteiger charge is -2.10. The zero-order chi connectivity index (χ0) is 8.81. The second-order valence-electron chi connectivity index (χ2n) is 3.89. The Balaban J connectivity index is 1.88. The van der Waals surface area contributed by atoms with E-state index >= 15 is 0 Å². The molecule has 2 heteroatoms. The van der Waals surface area contributed by atoms with Gasteiger partial charge >= 0.3 is 0 Å². The molecular formula is C10H20O2. The van der Waals surface area contributed by atoms with Crippen LogP contribution in [0.3, 0.4) is 0 Å². The van der Waals surface area contributed by atoms with Crippen molar-refractivity contribution in [1.82, 2.24) is 0 Å². The summed E-state index contributed by atoms with van der Waals surface area (Å²) < 4.78 is 10.9. The third-order valence-electron chi connectivity index (χ3n) is 2.17. The molecule has 0 aromatic carbocycles. The van der Waals surface area contributed by atoms with E-state index in [1.165, 1.54) is 12.8 Å². The molecule has 1 fully saturated rings. The lowest BCUT2D eigenvalue weighted by molar-refractivity contribution is 0.0142. The van der Waals surface area contributed by atoms with Crippen LogP contribution in [0.4, 0.5) is 0 Å². The Bertz CT molecular complexity index is 106. The zero-order valence-electron chi connectivity index (χ0n) is 8.21. The maximum atomic E-state index is 5.50. The van der Waals surface area contributed by atoms with Crippen molar-refractivity contribution in [1.29, 1.82) is 0 Å². The van der Waals surface area contributed by atoms with E-state index in [-0.39, 0.29) is 0 Å². The second kappa shape index (κ2) is 5.55. The topological polar surface area (TPSA) is 18.5 Å². The molecule has 1 unspecified atom stereocenters. The molecule has 1 aliphatic rings. The second-order valence-corrected chi connectivity index (χ2v) is 3.89. The SMILES string of the molecule is CC(C)CCOCC1CCCO1. The van der Waals surface area contributed by atoms with Gasteiger partial charge in [0.25, 0.3) is 0 Å². The highest BCUT2D eigenvalue weighted by molar-refractivity contribution is 4.63. The Kier molecular flexibility index (Phi) is 4.62. The monoisotopic (exact) mass is 172 g/mol. The van der Waals surface area contributed by atoms with Crippen LogP contribution in [-0.2, 0) is 9.47 Å². The minimum absolute atomic E-state index is 0.386. The third kappa shape index (κ3) is 4.07. The highest BCUT2D eigenvalue weighted by Gasteiger charge is 2.14. The molecule has 0 saturated carbocycles. The highest BCUT2D eigenvalue weighted by atomic mass is 16.5. The van der Waals surface area contributed by atoms with Gasteiger partial charge in [0.1, 0.15) is 0 Å². The van der Waals surface area contributed by atoms with Gasteiger partial charge in [0.05, 0.1) is 12.7 Å². The molecule has 0 spiro atoms. The Morgan fingerprint density at radius 1 is 1.50 bits per heavy atom. The number of rotatable bonds is 5. The Labute approximate surface area is 75.2 Å². The average Bonchev–Trinajstić information content (AvgIpc) is 2.49. The van der Waals surface area contributed by atoms with Gasteiger partial charge in [-0.25, -0.2) is 0 Å². The minimum Gasteiger partial charge on any atom is -0.379 e. The van der Waals surface area contributed by atoms with Crippen molar-refractivity contribution in [3.8, 4) is 0 Å². The van der Waals surface area contributed by atoms with Crippen LogP contribution in [0.2, 0.25) is 0 Å². The van der Waals surface area contributed by atoms with E-state index in [4.69, 9.17) is 9.47 Å². The molecule has 0 N–H and O–H groups in total. The minimum atomic E-state index is 0.386. The standard InChI is InChI=1S/C10H20O2/c1-9(2)5-7-11-8-10-4-3-6-12-10/h9-10H,3-8H2,1-2H3. The van der Waals surface area contributed by atoms with Crippen molar-refractivity contribution in [3.63, 3.8) is 0 Å². The van der Waals surface area contributed by atoms with Crippen LogP contribution in [0.1, 0.15) is 33.1 Å². The van der Waals surface area contributed by atoms with Crippen LogP contribution < -0.4 is 0 Å². The Morgan fingerprint density at radius 3 is 2.92 bits per heavy atom. The maximum absolute atomic E-state index is 5.50. The van der Waals surface area contributed by atoms with Crippen molar-refractivity contribution in [3.05, 3.63) is 0 Å². The Morgan fingerprint density at radius 2 is 2.33 bits per heavy atom. The normalized spacial score (nSPS) is 23.8. The van der Waals surface area contributed by atoms with Gasteiger partial charge < -0.3 is 9.47 Å². The summed E-state index contributed by atoms with van der Waals surface area (Å²) in [6, 6.07) is 0. The van der Waals surface area contributed by atoms with Gasteiger partial charge in [0, 0.05) is 13.2 Å². The molecule has 1 atom stereocenters. The molecule has 0 bridgehead atoms. The summed E-state index contributed by atoms with van der Waals surface area (Å²) in [5.41, 5.74) is 0. The van der Waals surface area contributed by atoms with E-state index in [1.54, 1.807) is 0 Å². The lowest BCUT2D eigenvalue weighted by Crippen LogP contribution is -2.14. The summed E-state index contributed by atoms with van der Waals surface area (Å²) in [4.78, 5) is 0. The van der Waals surface area contributed by atoms with E-state index in [9.17, 15) is 0 Å². The van der Waals surface area contributed by atoms with Crippen molar-refractivity contribution < 1.29 is 9.47 Å². The largest absolute Gasteiger partial charge is 0.379 e.